The highest BCUT2D eigenvalue weighted by Gasteiger charge is 2.27. The van der Waals surface area contributed by atoms with Crippen molar-refractivity contribution < 1.29 is 19.1 Å². The van der Waals surface area contributed by atoms with E-state index in [9.17, 15) is 9.59 Å². The molecule has 2 unspecified atom stereocenters. The van der Waals surface area contributed by atoms with Gasteiger partial charge in [-0.1, -0.05) is 18.2 Å². The fraction of sp³-hybridized carbons (Fsp3) is 0.393. The summed E-state index contributed by atoms with van der Waals surface area (Å²) < 4.78 is 11.5. The average Bonchev–Trinajstić information content (AvgIpc) is 3.39. The number of para-hydroxylation sites is 1. The minimum Gasteiger partial charge on any atom is -0.493 e. The van der Waals surface area contributed by atoms with Gasteiger partial charge >= 0.3 is 0 Å². The maximum atomic E-state index is 12.3. The van der Waals surface area contributed by atoms with E-state index in [0.29, 0.717) is 37.0 Å². The van der Waals surface area contributed by atoms with Crippen molar-refractivity contribution in [1.82, 2.24) is 10.2 Å². The minimum atomic E-state index is -0.137. The minimum absolute atomic E-state index is 0.00852. The van der Waals surface area contributed by atoms with Gasteiger partial charge < -0.3 is 24.6 Å². The molecule has 2 aliphatic heterocycles. The Morgan fingerprint density at radius 1 is 1.22 bits per heavy atom. The number of nitrogens with one attached hydrogen (secondary N) is 1. The SMILES string of the molecule is COc1cc(C)c(N=CC2Cc3ccccc3N2C=O)cc1OCCCC(=O)NC1=CN(C)C(C)C1. The van der Waals surface area contributed by atoms with Crippen LogP contribution in [0.5, 0.6) is 11.5 Å². The molecule has 2 aromatic carbocycles. The molecule has 4 rings (SSSR count). The Hall–Kier alpha value is -3.81. The highest BCUT2D eigenvalue weighted by atomic mass is 16.5. The van der Waals surface area contributed by atoms with Crippen molar-refractivity contribution in [2.75, 3.05) is 25.7 Å². The van der Waals surface area contributed by atoms with Crippen LogP contribution in [0, 0.1) is 6.92 Å². The Balaban J connectivity index is 1.35. The van der Waals surface area contributed by atoms with Crippen LogP contribution in [0.2, 0.25) is 0 Å². The Kier molecular flexibility index (Phi) is 7.93. The van der Waals surface area contributed by atoms with E-state index in [1.165, 1.54) is 0 Å². The number of benzene rings is 2. The van der Waals surface area contributed by atoms with E-state index in [-0.39, 0.29) is 11.9 Å². The molecule has 8 nitrogen and oxygen atoms in total. The number of methoxy groups -OCH3 is 1. The van der Waals surface area contributed by atoms with Gasteiger partial charge in [-0.2, -0.15) is 0 Å². The number of rotatable bonds is 10. The number of carbonyl (C=O) groups excluding carboxylic acids is 2. The summed E-state index contributed by atoms with van der Waals surface area (Å²) in [7, 11) is 3.61. The zero-order chi connectivity index (χ0) is 25.7. The van der Waals surface area contributed by atoms with Gasteiger partial charge in [0.1, 0.15) is 0 Å². The second-order valence-corrected chi connectivity index (χ2v) is 9.35. The molecule has 0 radical (unpaired) electrons. The van der Waals surface area contributed by atoms with Crippen LogP contribution < -0.4 is 19.7 Å². The summed E-state index contributed by atoms with van der Waals surface area (Å²) in [4.78, 5) is 32.5. The lowest BCUT2D eigenvalue weighted by Crippen LogP contribution is -2.31. The standard InChI is InChI=1S/C28H34N4O4/c1-19-12-26(35-4)27(36-11-7-10-28(34)30-22-13-20(2)31(3)17-22)15-24(19)29-16-23-14-21-8-5-6-9-25(21)32(23)18-33/h5-6,8-9,12,15-18,20,23H,7,10-11,13-14H2,1-4H3,(H,30,34). The van der Waals surface area contributed by atoms with E-state index in [1.54, 1.807) is 12.0 Å². The lowest BCUT2D eigenvalue weighted by molar-refractivity contribution is -0.120. The number of ether oxygens (including phenoxy) is 2. The number of aliphatic imine (C=N–C) groups is 1. The molecule has 0 bridgehead atoms. The summed E-state index contributed by atoms with van der Waals surface area (Å²) in [6, 6.07) is 11.9. The van der Waals surface area contributed by atoms with Gasteiger partial charge in [-0.25, -0.2) is 0 Å². The summed E-state index contributed by atoms with van der Waals surface area (Å²) in [5, 5.41) is 2.99. The molecule has 190 valence electrons. The molecular formula is C28H34N4O4. The van der Waals surface area contributed by atoms with Gasteiger partial charge in [0.05, 0.1) is 25.4 Å². The fourth-order valence-corrected chi connectivity index (χ4v) is 4.55. The molecule has 2 amide bonds. The molecule has 36 heavy (non-hydrogen) atoms. The zero-order valence-corrected chi connectivity index (χ0v) is 21.4. The average molecular weight is 491 g/mol. The summed E-state index contributed by atoms with van der Waals surface area (Å²) in [6.45, 7) is 4.46. The first kappa shape index (κ1) is 25.3. The van der Waals surface area contributed by atoms with Crippen LogP contribution in [0.15, 0.2) is 53.3 Å². The highest BCUT2D eigenvalue weighted by molar-refractivity contribution is 5.90. The van der Waals surface area contributed by atoms with Crippen LogP contribution in [-0.4, -0.2) is 56.3 Å². The molecule has 0 aromatic heterocycles. The van der Waals surface area contributed by atoms with Crippen molar-refractivity contribution in [3.05, 3.63) is 59.4 Å². The number of hydrogen-bond acceptors (Lipinski definition) is 6. The Morgan fingerprint density at radius 2 is 2.03 bits per heavy atom. The van der Waals surface area contributed by atoms with Crippen molar-refractivity contribution in [3.8, 4) is 11.5 Å². The molecule has 0 spiro atoms. The summed E-state index contributed by atoms with van der Waals surface area (Å²) in [5.74, 6) is 1.18. The predicted molar refractivity (Wildman–Crippen MR) is 141 cm³/mol. The van der Waals surface area contributed by atoms with Crippen LogP contribution in [0.3, 0.4) is 0 Å². The van der Waals surface area contributed by atoms with E-state index in [1.807, 2.05) is 62.8 Å². The topological polar surface area (TPSA) is 83.5 Å². The van der Waals surface area contributed by atoms with Gasteiger partial charge in [-0.05, 0) is 43.5 Å². The third-order valence-corrected chi connectivity index (χ3v) is 6.71. The molecule has 0 saturated heterocycles. The second kappa shape index (κ2) is 11.3. The quantitative estimate of drug-likeness (QED) is 0.308. The Morgan fingerprint density at radius 3 is 2.75 bits per heavy atom. The second-order valence-electron chi connectivity index (χ2n) is 9.35. The molecule has 1 N–H and O–H groups in total. The van der Waals surface area contributed by atoms with Gasteiger partial charge in [0.25, 0.3) is 0 Å². The van der Waals surface area contributed by atoms with E-state index in [2.05, 4.69) is 17.1 Å². The van der Waals surface area contributed by atoms with Crippen LogP contribution in [0.4, 0.5) is 11.4 Å². The van der Waals surface area contributed by atoms with Crippen molar-refractivity contribution in [2.45, 2.75) is 51.6 Å². The molecule has 0 saturated carbocycles. The maximum absolute atomic E-state index is 12.3. The first-order chi connectivity index (χ1) is 17.4. The lowest BCUT2D eigenvalue weighted by atomic mass is 10.1. The Bertz CT molecular complexity index is 1180. The number of aryl methyl sites for hydroxylation is 1. The van der Waals surface area contributed by atoms with Gasteiger partial charge in [0.15, 0.2) is 11.5 Å². The molecule has 2 heterocycles. The molecular weight excluding hydrogens is 456 g/mol. The third-order valence-electron chi connectivity index (χ3n) is 6.71. The smallest absolute Gasteiger partial charge is 0.224 e. The van der Waals surface area contributed by atoms with E-state index < -0.39 is 0 Å². The van der Waals surface area contributed by atoms with Crippen LogP contribution in [0.1, 0.15) is 37.3 Å². The van der Waals surface area contributed by atoms with E-state index >= 15 is 0 Å². The maximum Gasteiger partial charge on any atom is 0.224 e. The third kappa shape index (κ3) is 5.70. The summed E-state index contributed by atoms with van der Waals surface area (Å²) in [6.07, 6.45) is 7.18. The van der Waals surface area contributed by atoms with Crippen molar-refractivity contribution in [3.63, 3.8) is 0 Å². The van der Waals surface area contributed by atoms with Crippen LogP contribution >= 0.6 is 0 Å². The molecule has 2 aliphatic rings. The summed E-state index contributed by atoms with van der Waals surface area (Å²) >= 11 is 0. The normalized spacial score (nSPS) is 18.8. The fourth-order valence-electron chi connectivity index (χ4n) is 4.55. The number of hydrogen-bond donors (Lipinski definition) is 1. The Labute approximate surface area is 212 Å². The molecule has 2 aromatic rings. The monoisotopic (exact) mass is 490 g/mol. The molecule has 0 fully saturated rings. The van der Waals surface area contributed by atoms with Gasteiger partial charge in [0, 0.05) is 62.2 Å². The molecule has 0 aliphatic carbocycles. The first-order valence-corrected chi connectivity index (χ1v) is 12.3. The first-order valence-electron chi connectivity index (χ1n) is 12.3. The van der Waals surface area contributed by atoms with Crippen LogP contribution in [-0.2, 0) is 16.0 Å². The lowest BCUT2D eigenvalue weighted by Gasteiger charge is -2.17. The summed E-state index contributed by atoms with van der Waals surface area (Å²) in [5.41, 5.74) is 4.70. The van der Waals surface area contributed by atoms with Gasteiger partial charge in [-0.15, -0.1) is 0 Å². The zero-order valence-electron chi connectivity index (χ0n) is 21.4. The number of nitrogens with zero attached hydrogens (tertiary/aromatic N) is 3. The van der Waals surface area contributed by atoms with Crippen molar-refractivity contribution >= 4 is 29.9 Å². The highest BCUT2D eigenvalue weighted by Crippen LogP contribution is 2.35. The molecule has 2 atom stereocenters. The van der Waals surface area contributed by atoms with Gasteiger partial charge in [0.2, 0.25) is 12.3 Å². The number of fused-ring (bicyclic) bond motifs is 1. The van der Waals surface area contributed by atoms with Crippen LogP contribution in [0.25, 0.3) is 0 Å². The number of carbonyl (C=O) groups is 2. The predicted octanol–water partition coefficient (Wildman–Crippen LogP) is 4.13. The number of anilines is 1. The van der Waals surface area contributed by atoms with Crippen molar-refractivity contribution in [1.29, 1.82) is 0 Å². The van der Waals surface area contributed by atoms with E-state index in [4.69, 9.17) is 14.5 Å². The van der Waals surface area contributed by atoms with Gasteiger partial charge in [-0.3, -0.25) is 14.6 Å². The van der Waals surface area contributed by atoms with Crippen molar-refractivity contribution in [2.24, 2.45) is 4.99 Å². The number of amides is 2. The molecule has 8 heteroatoms. The largest absolute Gasteiger partial charge is 0.493 e. The van der Waals surface area contributed by atoms with E-state index in [0.717, 1.165) is 47.5 Å².